The van der Waals surface area contributed by atoms with E-state index in [1.165, 1.54) is 23.1 Å². The summed E-state index contributed by atoms with van der Waals surface area (Å²) in [6.07, 6.45) is 4.17. The average molecular weight is 277 g/mol. The monoisotopic (exact) mass is 277 g/mol. The normalized spacial score (nSPS) is 10.1. The van der Waals surface area contributed by atoms with Gasteiger partial charge in [0.05, 0.1) is 0 Å². The predicted octanol–water partition coefficient (Wildman–Crippen LogP) is 5.05. The van der Waals surface area contributed by atoms with Crippen LogP contribution in [0.5, 0.6) is 0 Å². The van der Waals surface area contributed by atoms with E-state index in [2.05, 4.69) is 73.9 Å². The van der Waals surface area contributed by atoms with Gasteiger partial charge in [-0.15, -0.1) is 6.58 Å². The highest BCUT2D eigenvalue weighted by Crippen LogP contribution is 2.22. The van der Waals surface area contributed by atoms with Gasteiger partial charge in [-0.05, 0) is 28.7 Å². The first-order valence-electron chi connectivity index (χ1n) is 7.48. The molecule has 2 rings (SSSR count). The number of nitrogens with one attached hydrogen (secondary N) is 1. The molecule has 21 heavy (non-hydrogen) atoms. The third-order valence-corrected chi connectivity index (χ3v) is 3.52. The fourth-order valence-electron chi connectivity index (χ4n) is 2.31. The first-order chi connectivity index (χ1) is 10.2. The molecule has 1 nitrogen and oxygen atoms in total. The van der Waals surface area contributed by atoms with Crippen LogP contribution >= 0.6 is 0 Å². The second kappa shape index (κ2) is 7.49. The highest BCUT2D eigenvalue weighted by atomic mass is 14.9. The minimum Gasteiger partial charge on any atom is -0.382 e. The van der Waals surface area contributed by atoms with Crippen LogP contribution in [-0.4, -0.2) is 6.54 Å². The fourth-order valence-corrected chi connectivity index (χ4v) is 2.31. The van der Waals surface area contributed by atoms with Crippen LogP contribution in [0.25, 0.3) is 16.8 Å². The van der Waals surface area contributed by atoms with Crippen molar-refractivity contribution in [3.8, 4) is 11.1 Å². The molecule has 0 aliphatic carbocycles. The summed E-state index contributed by atoms with van der Waals surface area (Å²) in [5.41, 5.74) is 5.94. The molecule has 0 saturated carbocycles. The van der Waals surface area contributed by atoms with E-state index in [9.17, 15) is 0 Å². The Balaban J connectivity index is 2.11. The van der Waals surface area contributed by atoms with Gasteiger partial charge in [0, 0.05) is 12.2 Å². The molecule has 1 heteroatoms. The molecule has 0 bridgehead atoms. The van der Waals surface area contributed by atoms with Gasteiger partial charge in [-0.1, -0.05) is 74.5 Å². The van der Waals surface area contributed by atoms with E-state index in [-0.39, 0.29) is 0 Å². The molecule has 2 aromatic rings. The molecule has 0 unspecified atom stereocenters. The number of hydrogen-bond acceptors (Lipinski definition) is 1. The molecule has 0 heterocycles. The second-order valence-corrected chi connectivity index (χ2v) is 5.17. The number of rotatable bonds is 7. The van der Waals surface area contributed by atoms with Crippen LogP contribution in [-0.2, 0) is 6.42 Å². The van der Waals surface area contributed by atoms with E-state index in [0.717, 1.165) is 24.2 Å². The van der Waals surface area contributed by atoms with Gasteiger partial charge in [-0.25, -0.2) is 0 Å². The summed E-state index contributed by atoms with van der Waals surface area (Å²) in [4.78, 5) is 0. The van der Waals surface area contributed by atoms with Gasteiger partial charge in [-0.2, -0.15) is 0 Å². The van der Waals surface area contributed by atoms with Crippen molar-refractivity contribution in [3.05, 3.63) is 78.9 Å². The first kappa shape index (κ1) is 15.1. The van der Waals surface area contributed by atoms with Crippen LogP contribution in [0.2, 0.25) is 0 Å². The molecule has 2 aromatic carbocycles. The van der Waals surface area contributed by atoms with Crippen molar-refractivity contribution < 1.29 is 0 Å². The van der Waals surface area contributed by atoms with E-state index >= 15 is 0 Å². The standard InChI is InChI=1S/C20H23N/c1-4-6-17-7-9-19(10-8-17)20-13-11-18(12-14-20)16(3)21-15-5-2/h5,7-14,21H,2-4,6,15H2,1H3. The van der Waals surface area contributed by atoms with Crippen molar-refractivity contribution in [1.29, 1.82) is 0 Å². The second-order valence-electron chi connectivity index (χ2n) is 5.17. The number of hydrogen-bond donors (Lipinski definition) is 1. The lowest BCUT2D eigenvalue weighted by Gasteiger charge is -2.09. The van der Waals surface area contributed by atoms with E-state index in [0.29, 0.717) is 0 Å². The summed E-state index contributed by atoms with van der Waals surface area (Å²) >= 11 is 0. The Hall–Kier alpha value is -2.28. The fraction of sp³-hybridized carbons (Fsp3) is 0.200. The quantitative estimate of drug-likeness (QED) is 0.698. The lowest BCUT2D eigenvalue weighted by molar-refractivity contribution is 0.922. The zero-order chi connectivity index (χ0) is 15.1. The molecule has 0 radical (unpaired) electrons. The Kier molecular flexibility index (Phi) is 5.39. The van der Waals surface area contributed by atoms with Crippen molar-refractivity contribution in [2.75, 3.05) is 6.54 Å². The zero-order valence-corrected chi connectivity index (χ0v) is 12.7. The highest BCUT2D eigenvalue weighted by Gasteiger charge is 2.01. The molecule has 108 valence electrons. The van der Waals surface area contributed by atoms with Crippen molar-refractivity contribution in [3.63, 3.8) is 0 Å². The molecular weight excluding hydrogens is 254 g/mol. The summed E-state index contributed by atoms with van der Waals surface area (Å²) in [6.45, 7) is 10.7. The Morgan fingerprint density at radius 3 is 2.10 bits per heavy atom. The van der Waals surface area contributed by atoms with Gasteiger partial charge in [0.15, 0.2) is 0 Å². The highest BCUT2D eigenvalue weighted by molar-refractivity contribution is 5.68. The molecule has 1 N–H and O–H groups in total. The molecule has 0 aliphatic rings. The van der Waals surface area contributed by atoms with Crippen LogP contribution in [0.15, 0.2) is 67.8 Å². The maximum Gasteiger partial charge on any atom is 0.0343 e. The largest absolute Gasteiger partial charge is 0.382 e. The maximum atomic E-state index is 4.04. The van der Waals surface area contributed by atoms with Crippen LogP contribution in [0.4, 0.5) is 0 Å². The van der Waals surface area contributed by atoms with E-state index in [1.807, 2.05) is 6.08 Å². The number of benzene rings is 2. The van der Waals surface area contributed by atoms with Crippen LogP contribution in [0.3, 0.4) is 0 Å². The van der Waals surface area contributed by atoms with Crippen LogP contribution in [0, 0.1) is 0 Å². The topological polar surface area (TPSA) is 12.0 Å². The summed E-state index contributed by atoms with van der Waals surface area (Å²) in [5, 5.41) is 3.22. The van der Waals surface area contributed by atoms with Crippen LogP contribution < -0.4 is 5.32 Å². The van der Waals surface area contributed by atoms with Gasteiger partial charge in [0.1, 0.15) is 0 Å². The van der Waals surface area contributed by atoms with E-state index in [1.54, 1.807) is 0 Å². The van der Waals surface area contributed by atoms with Gasteiger partial charge in [0.2, 0.25) is 0 Å². The molecule has 0 saturated heterocycles. The Bertz CT molecular complexity index is 591. The summed E-state index contributed by atoms with van der Waals surface area (Å²) < 4.78 is 0. The van der Waals surface area contributed by atoms with Crippen LogP contribution in [0.1, 0.15) is 24.5 Å². The maximum absolute atomic E-state index is 4.04. The summed E-state index contributed by atoms with van der Waals surface area (Å²) in [7, 11) is 0. The third-order valence-electron chi connectivity index (χ3n) is 3.52. The first-order valence-corrected chi connectivity index (χ1v) is 7.48. The van der Waals surface area contributed by atoms with Gasteiger partial charge < -0.3 is 5.32 Å². The van der Waals surface area contributed by atoms with Gasteiger partial charge in [-0.3, -0.25) is 0 Å². The van der Waals surface area contributed by atoms with Gasteiger partial charge >= 0.3 is 0 Å². The zero-order valence-electron chi connectivity index (χ0n) is 12.7. The average Bonchev–Trinajstić information content (AvgIpc) is 2.54. The lowest BCUT2D eigenvalue weighted by atomic mass is 10.0. The van der Waals surface area contributed by atoms with E-state index < -0.39 is 0 Å². The molecule has 0 aromatic heterocycles. The minimum absolute atomic E-state index is 0.736. The van der Waals surface area contributed by atoms with Gasteiger partial charge in [0.25, 0.3) is 0 Å². The predicted molar refractivity (Wildman–Crippen MR) is 93.1 cm³/mol. The van der Waals surface area contributed by atoms with Crippen molar-refractivity contribution in [2.45, 2.75) is 19.8 Å². The van der Waals surface area contributed by atoms with Crippen molar-refractivity contribution >= 4 is 5.70 Å². The molecule has 0 aliphatic heterocycles. The van der Waals surface area contributed by atoms with E-state index in [4.69, 9.17) is 0 Å². The summed E-state index contributed by atoms with van der Waals surface area (Å²) in [6, 6.07) is 17.3. The SMILES string of the molecule is C=CCNC(=C)c1ccc(-c2ccc(CCC)cc2)cc1. The minimum atomic E-state index is 0.736. The number of aryl methyl sites for hydroxylation is 1. The molecule has 0 spiro atoms. The Morgan fingerprint density at radius 1 is 1.00 bits per heavy atom. The third kappa shape index (κ3) is 4.09. The molecule has 0 atom stereocenters. The lowest BCUT2D eigenvalue weighted by Crippen LogP contribution is -2.10. The van der Waals surface area contributed by atoms with Crippen molar-refractivity contribution in [1.82, 2.24) is 5.32 Å². The molecular formula is C20H23N. The molecule has 0 fully saturated rings. The Labute approximate surface area is 128 Å². The van der Waals surface area contributed by atoms with Crippen molar-refractivity contribution in [2.24, 2.45) is 0 Å². The Morgan fingerprint density at radius 2 is 1.57 bits per heavy atom. The smallest absolute Gasteiger partial charge is 0.0343 e. The summed E-state index contributed by atoms with van der Waals surface area (Å²) in [5.74, 6) is 0. The molecule has 0 amide bonds.